The molecule has 98 valence electrons. The van der Waals surface area contributed by atoms with Gasteiger partial charge in [-0.05, 0) is 72.3 Å². The molecular formula is C15H13FINO. The third-order valence-electron chi connectivity index (χ3n) is 2.80. The van der Waals surface area contributed by atoms with Gasteiger partial charge >= 0.3 is 0 Å². The molecule has 2 aromatic rings. The number of hydrogen-bond donors (Lipinski definition) is 1. The van der Waals surface area contributed by atoms with E-state index in [0.29, 0.717) is 5.69 Å². The molecular weight excluding hydrogens is 356 g/mol. The first-order chi connectivity index (χ1) is 8.97. The normalized spacial score (nSPS) is 10.3. The molecule has 0 unspecified atom stereocenters. The molecule has 19 heavy (non-hydrogen) atoms. The molecule has 0 heterocycles. The van der Waals surface area contributed by atoms with Gasteiger partial charge in [-0.2, -0.15) is 0 Å². The van der Waals surface area contributed by atoms with Crippen LogP contribution in [-0.4, -0.2) is 5.91 Å². The fourth-order valence-electron chi connectivity index (χ4n) is 1.77. The Hall–Kier alpha value is -1.43. The number of carbonyl (C=O) groups is 1. The van der Waals surface area contributed by atoms with Crippen LogP contribution in [0.1, 0.15) is 21.5 Å². The van der Waals surface area contributed by atoms with E-state index in [9.17, 15) is 9.18 Å². The van der Waals surface area contributed by atoms with Crippen molar-refractivity contribution in [3.63, 3.8) is 0 Å². The third-order valence-corrected chi connectivity index (χ3v) is 3.47. The van der Waals surface area contributed by atoms with Crippen LogP contribution in [-0.2, 0) is 0 Å². The van der Waals surface area contributed by atoms with Crippen LogP contribution in [0, 0.1) is 23.2 Å². The van der Waals surface area contributed by atoms with Crippen LogP contribution in [0.2, 0.25) is 0 Å². The van der Waals surface area contributed by atoms with Crippen molar-refractivity contribution in [1.82, 2.24) is 0 Å². The highest BCUT2D eigenvalue weighted by Crippen LogP contribution is 2.19. The summed E-state index contributed by atoms with van der Waals surface area (Å²) in [7, 11) is 0. The Morgan fingerprint density at radius 1 is 1.16 bits per heavy atom. The maximum Gasteiger partial charge on any atom is 0.258 e. The van der Waals surface area contributed by atoms with Crippen molar-refractivity contribution >= 4 is 34.2 Å². The summed E-state index contributed by atoms with van der Waals surface area (Å²) in [6.07, 6.45) is 0. The molecule has 0 radical (unpaired) electrons. The van der Waals surface area contributed by atoms with Crippen molar-refractivity contribution < 1.29 is 9.18 Å². The Morgan fingerprint density at radius 3 is 2.58 bits per heavy atom. The minimum Gasteiger partial charge on any atom is -0.322 e. The van der Waals surface area contributed by atoms with Crippen molar-refractivity contribution in [3.05, 3.63) is 62.5 Å². The molecule has 2 nitrogen and oxygen atoms in total. The van der Waals surface area contributed by atoms with Gasteiger partial charge in [0.15, 0.2) is 0 Å². The van der Waals surface area contributed by atoms with Gasteiger partial charge in [0.25, 0.3) is 5.91 Å². The van der Waals surface area contributed by atoms with Crippen LogP contribution < -0.4 is 5.32 Å². The zero-order chi connectivity index (χ0) is 14.0. The van der Waals surface area contributed by atoms with E-state index in [4.69, 9.17) is 0 Å². The molecule has 0 saturated carbocycles. The molecule has 0 spiro atoms. The van der Waals surface area contributed by atoms with Crippen molar-refractivity contribution in [2.75, 3.05) is 5.32 Å². The second-order valence-electron chi connectivity index (χ2n) is 4.40. The van der Waals surface area contributed by atoms with E-state index in [-0.39, 0.29) is 5.56 Å². The minimum atomic E-state index is -0.508. The molecule has 0 fully saturated rings. The molecule has 0 aliphatic heterocycles. The number of anilines is 1. The summed E-state index contributed by atoms with van der Waals surface area (Å²) in [5.74, 6) is -0.934. The maximum absolute atomic E-state index is 13.6. The van der Waals surface area contributed by atoms with Crippen molar-refractivity contribution in [3.8, 4) is 0 Å². The number of benzene rings is 2. The highest BCUT2D eigenvalue weighted by Gasteiger charge is 2.12. The average molecular weight is 369 g/mol. The van der Waals surface area contributed by atoms with Crippen LogP contribution in [0.4, 0.5) is 10.1 Å². The van der Waals surface area contributed by atoms with Gasteiger partial charge in [-0.15, -0.1) is 0 Å². The van der Waals surface area contributed by atoms with Crippen LogP contribution in [0.3, 0.4) is 0 Å². The molecule has 1 N–H and O–H groups in total. The zero-order valence-electron chi connectivity index (χ0n) is 10.6. The molecule has 2 rings (SSSR count). The Kier molecular flexibility index (Phi) is 4.19. The Bertz CT molecular complexity index is 640. The number of amides is 1. The molecule has 0 aliphatic carbocycles. The largest absolute Gasteiger partial charge is 0.322 e. The van der Waals surface area contributed by atoms with Gasteiger partial charge in [0, 0.05) is 9.26 Å². The van der Waals surface area contributed by atoms with Crippen LogP contribution >= 0.6 is 22.6 Å². The minimum absolute atomic E-state index is 0.0675. The molecule has 0 bridgehead atoms. The molecule has 0 aromatic heterocycles. The van der Waals surface area contributed by atoms with Gasteiger partial charge < -0.3 is 5.32 Å². The summed E-state index contributed by atoms with van der Waals surface area (Å²) in [6, 6.07) is 10.2. The number of nitrogens with one attached hydrogen (secondary N) is 1. The number of hydrogen-bond acceptors (Lipinski definition) is 1. The average Bonchev–Trinajstić information content (AvgIpc) is 2.35. The van der Waals surface area contributed by atoms with Crippen LogP contribution in [0.25, 0.3) is 0 Å². The molecule has 0 saturated heterocycles. The lowest BCUT2D eigenvalue weighted by atomic mass is 10.1. The van der Waals surface area contributed by atoms with Crippen LogP contribution in [0.15, 0.2) is 36.4 Å². The second-order valence-corrected chi connectivity index (χ2v) is 5.64. The van der Waals surface area contributed by atoms with Gasteiger partial charge in [-0.3, -0.25) is 4.79 Å². The van der Waals surface area contributed by atoms with Gasteiger partial charge in [0.1, 0.15) is 5.82 Å². The van der Waals surface area contributed by atoms with Gasteiger partial charge in [-0.25, -0.2) is 4.39 Å². The van der Waals surface area contributed by atoms with Crippen molar-refractivity contribution in [1.29, 1.82) is 0 Å². The van der Waals surface area contributed by atoms with Crippen molar-refractivity contribution in [2.45, 2.75) is 13.8 Å². The van der Waals surface area contributed by atoms with E-state index in [1.54, 1.807) is 12.1 Å². The molecule has 4 heteroatoms. The maximum atomic E-state index is 13.6. The highest BCUT2D eigenvalue weighted by atomic mass is 127. The first-order valence-electron chi connectivity index (χ1n) is 5.81. The zero-order valence-corrected chi connectivity index (χ0v) is 12.8. The quantitative estimate of drug-likeness (QED) is 0.786. The standard InChI is InChI=1S/C15H13FINO/c1-9-3-5-13(16)12(7-9)15(19)18-14-6-4-11(17)8-10(14)2/h3-8H,1-2H3,(H,18,19). The SMILES string of the molecule is Cc1ccc(F)c(C(=O)Nc2ccc(I)cc2C)c1. The predicted molar refractivity (Wildman–Crippen MR) is 83.0 cm³/mol. The van der Waals surface area contributed by atoms with E-state index in [0.717, 1.165) is 14.7 Å². The summed E-state index contributed by atoms with van der Waals surface area (Å²) < 4.78 is 14.7. The van der Waals surface area contributed by atoms with E-state index < -0.39 is 11.7 Å². The van der Waals surface area contributed by atoms with Gasteiger partial charge in [0.2, 0.25) is 0 Å². The monoisotopic (exact) mass is 369 g/mol. The van der Waals surface area contributed by atoms with E-state index in [2.05, 4.69) is 27.9 Å². The Morgan fingerprint density at radius 2 is 1.89 bits per heavy atom. The summed E-state index contributed by atoms with van der Waals surface area (Å²) in [5, 5.41) is 2.74. The smallest absolute Gasteiger partial charge is 0.258 e. The summed E-state index contributed by atoms with van der Waals surface area (Å²) in [5.41, 5.74) is 2.57. The Balaban J connectivity index is 2.28. The lowest BCUT2D eigenvalue weighted by molar-refractivity contribution is 0.102. The van der Waals surface area contributed by atoms with Crippen molar-refractivity contribution in [2.24, 2.45) is 0 Å². The summed E-state index contributed by atoms with van der Waals surface area (Å²) >= 11 is 2.20. The number of carbonyl (C=O) groups excluding carboxylic acids is 1. The first kappa shape index (κ1) is 14.0. The van der Waals surface area contributed by atoms with Gasteiger partial charge in [-0.1, -0.05) is 11.6 Å². The molecule has 0 atom stereocenters. The predicted octanol–water partition coefficient (Wildman–Crippen LogP) is 4.30. The van der Waals surface area contributed by atoms with E-state index >= 15 is 0 Å². The highest BCUT2D eigenvalue weighted by molar-refractivity contribution is 14.1. The fourth-order valence-corrected chi connectivity index (χ4v) is 2.42. The molecule has 0 aliphatic rings. The summed E-state index contributed by atoms with van der Waals surface area (Å²) in [4.78, 5) is 12.1. The topological polar surface area (TPSA) is 29.1 Å². The number of rotatable bonds is 2. The number of aryl methyl sites for hydroxylation is 2. The lowest BCUT2D eigenvalue weighted by Gasteiger charge is -2.09. The van der Waals surface area contributed by atoms with Crippen LogP contribution in [0.5, 0.6) is 0 Å². The molecule has 2 aromatic carbocycles. The van der Waals surface area contributed by atoms with E-state index in [1.165, 1.54) is 6.07 Å². The summed E-state index contributed by atoms with van der Waals surface area (Å²) in [6.45, 7) is 3.73. The fraction of sp³-hybridized carbons (Fsp3) is 0.133. The second kappa shape index (κ2) is 5.69. The first-order valence-corrected chi connectivity index (χ1v) is 6.89. The molecule has 1 amide bonds. The van der Waals surface area contributed by atoms with Gasteiger partial charge in [0.05, 0.1) is 5.56 Å². The Labute approximate surface area is 125 Å². The number of halogens is 2. The lowest BCUT2D eigenvalue weighted by Crippen LogP contribution is -2.14. The van der Waals surface area contributed by atoms with E-state index in [1.807, 2.05) is 32.0 Å². The third kappa shape index (κ3) is 3.32.